The first-order chi connectivity index (χ1) is 10.1. The van der Waals surface area contributed by atoms with Crippen molar-refractivity contribution in [3.63, 3.8) is 0 Å². The Morgan fingerprint density at radius 3 is 2.19 bits per heavy atom. The summed E-state index contributed by atoms with van der Waals surface area (Å²) < 4.78 is 4.86. The van der Waals surface area contributed by atoms with Gasteiger partial charge in [0.05, 0.1) is 0 Å². The van der Waals surface area contributed by atoms with Crippen molar-refractivity contribution in [1.29, 1.82) is 0 Å². The Bertz CT molecular complexity index is 367. The lowest BCUT2D eigenvalue weighted by atomic mass is 9.82. The molecule has 0 radical (unpaired) electrons. The molecule has 6 heteroatoms. The fourth-order valence-corrected chi connectivity index (χ4v) is 3.26. The van der Waals surface area contributed by atoms with Crippen molar-refractivity contribution in [2.75, 3.05) is 39.9 Å². The van der Waals surface area contributed by atoms with Crippen LogP contribution < -0.4 is 5.73 Å². The fraction of sp³-hybridized carbons (Fsp3) is 0.867. The van der Waals surface area contributed by atoms with Gasteiger partial charge in [0.1, 0.15) is 6.61 Å². The molecule has 21 heavy (non-hydrogen) atoms. The van der Waals surface area contributed by atoms with Crippen LogP contribution in [0.15, 0.2) is 0 Å². The topological polar surface area (TPSA) is 75.9 Å². The lowest BCUT2D eigenvalue weighted by molar-refractivity contribution is -0.142. The number of carbonyl (C=O) groups is 2. The number of nitrogens with two attached hydrogens (primary N) is 1. The number of ether oxygens (including phenoxy) is 1. The van der Waals surface area contributed by atoms with Gasteiger partial charge in [-0.15, -0.1) is 0 Å². The maximum absolute atomic E-state index is 12.4. The largest absolute Gasteiger partial charge is 0.375 e. The van der Waals surface area contributed by atoms with Crippen LogP contribution in [-0.2, 0) is 14.3 Å². The Hall–Kier alpha value is -1.14. The van der Waals surface area contributed by atoms with Gasteiger partial charge in [-0.3, -0.25) is 9.59 Å². The molecule has 2 amide bonds. The molecule has 0 aromatic carbocycles. The smallest absolute Gasteiger partial charge is 0.248 e. The van der Waals surface area contributed by atoms with E-state index in [1.807, 2.05) is 4.90 Å². The summed E-state index contributed by atoms with van der Waals surface area (Å²) in [7, 11) is 1.52. The quantitative estimate of drug-likeness (QED) is 0.805. The zero-order valence-corrected chi connectivity index (χ0v) is 12.9. The highest BCUT2D eigenvalue weighted by molar-refractivity contribution is 5.79. The van der Waals surface area contributed by atoms with Crippen molar-refractivity contribution in [2.45, 2.75) is 38.1 Å². The lowest BCUT2D eigenvalue weighted by Crippen LogP contribution is -2.52. The second kappa shape index (κ2) is 7.75. The van der Waals surface area contributed by atoms with Crippen molar-refractivity contribution >= 4 is 11.8 Å². The predicted octanol–water partition coefficient (Wildman–Crippen LogP) is 0.211. The maximum Gasteiger partial charge on any atom is 0.248 e. The normalized spacial score (nSPS) is 26.8. The standard InChI is InChI=1S/C15H27N3O3/c1-21-11-15(20)18-8-6-17(7-9-18)14(19)10-12-4-2-3-5-13(12)16/h12-13H,2-11,16H2,1H3. The van der Waals surface area contributed by atoms with Gasteiger partial charge in [-0.2, -0.15) is 0 Å². The summed E-state index contributed by atoms with van der Waals surface area (Å²) >= 11 is 0. The van der Waals surface area contributed by atoms with Gasteiger partial charge in [-0.05, 0) is 18.8 Å². The minimum absolute atomic E-state index is 0.00102. The molecule has 1 aliphatic heterocycles. The van der Waals surface area contributed by atoms with Gasteiger partial charge in [-0.1, -0.05) is 12.8 Å². The van der Waals surface area contributed by atoms with Gasteiger partial charge in [0, 0.05) is 45.8 Å². The Kier molecular flexibility index (Phi) is 5.99. The molecule has 1 saturated heterocycles. The van der Waals surface area contributed by atoms with Crippen molar-refractivity contribution in [3.05, 3.63) is 0 Å². The summed E-state index contributed by atoms with van der Waals surface area (Å²) in [4.78, 5) is 27.7. The number of methoxy groups -OCH3 is 1. The zero-order chi connectivity index (χ0) is 15.2. The molecule has 0 aromatic heterocycles. The summed E-state index contributed by atoms with van der Waals surface area (Å²) in [5.41, 5.74) is 6.11. The molecule has 0 spiro atoms. The summed E-state index contributed by atoms with van der Waals surface area (Å²) in [5.74, 6) is 0.523. The van der Waals surface area contributed by atoms with Crippen LogP contribution >= 0.6 is 0 Å². The molecule has 0 bridgehead atoms. The minimum atomic E-state index is -0.00102. The summed E-state index contributed by atoms with van der Waals surface area (Å²) in [6, 6.07) is 0.173. The van der Waals surface area contributed by atoms with E-state index in [9.17, 15) is 9.59 Å². The number of piperazine rings is 1. The molecule has 1 heterocycles. The molecule has 120 valence electrons. The molecule has 1 aliphatic carbocycles. The van der Waals surface area contributed by atoms with E-state index in [0.717, 1.165) is 12.8 Å². The molecular formula is C15H27N3O3. The molecule has 1 saturated carbocycles. The highest BCUT2D eigenvalue weighted by Crippen LogP contribution is 2.26. The van der Waals surface area contributed by atoms with Gasteiger partial charge in [0.2, 0.25) is 11.8 Å². The summed E-state index contributed by atoms with van der Waals surface area (Å²) in [6.45, 7) is 2.56. The van der Waals surface area contributed by atoms with Crippen LogP contribution in [0.4, 0.5) is 0 Å². The van der Waals surface area contributed by atoms with Gasteiger partial charge >= 0.3 is 0 Å². The molecule has 2 unspecified atom stereocenters. The predicted molar refractivity (Wildman–Crippen MR) is 79.6 cm³/mol. The maximum atomic E-state index is 12.4. The highest BCUT2D eigenvalue weighted by atomic mass is 16.5. The minimum Gasteiger partial charge on any atom is -0.375 e. The number of rotatable bonds is 4. The SMILES string of the molecule is COCC(=O)N1CCN(C(=O)CC2CCCCC2N)CC1. The number of hydrogen-bond donors (Lipinski definition) is 1. The zero-order valence-electron chi connectivity index (χ0n) is 12.9. The van der Waals surface area contributed by atoms with Crippen molar-refractivity contribution in [1.82, 2.24) is 9.80 Å². The lowest BCUT2D eigenvalue weighted by Gasteiger charge is -2.36. The highest BCUT2D eigenvalue weighted by Gasteiger charge is 2.28. The Labute approximate surface area is 126 Å². The second-order valence-corrected chi connectivity index (χ2v) is 6.11. The van der Waals surface area contributed by atoms with Gasteiger partial charge in [0.25, 0.3) is 0 Å². The van der Waals surface area contributed by atoms with Crippen molar-refractivity contribution in [3.8, 4) is 0 Å². The molecular weight excluding hydrogens is 270 g/mol. The van der Waals surface area contributed by atoms with E-state index >= 15 is 0 Å². The Morgan fingerprint density at radius 2 is 1.62 bits per heavy atom. The Morgan fingerprint density at radius 1 is 1.05 bits per heavy atom. The molecule has 2 fully saturated rings. The van der Waals surface area contributed by atoms with E-state index in [1.54, 1.807) is 4.90 Å². The summed E-state index contributed by atoms with van der Waals surface area (Å²) in [5, 5.41) is 0. The second-order valence-electron chi connectivity index (χ2n) is 6.11. The van der Waals surface area contributed by atoms with E-state index < -0.39 is 0 Å². The molecule has 2 atom stereocenters. The van der Waals surface area contributed by atoms with Gasteiger partial charge in [0.15, 0.2) is 0 Å². The molecule has 2 aliphatic rings. The average molecular weight is 297 g/mol. The number of carbonyl (C=O) groups excluding carboxylic acids is 2. The first kappa shape index (κ1) is 16.2. The van der Waals surface area contributed by atoms with Crippen LogP contribution in [0.3, 0.4) is 0 Å². The monoisotopic (exact) mass is 297 g/mol. The number of hydrogen-bond acceptors (Lipinski definition) is 4. The van der Waals surface area contributed by atoms with E-state index in [-0.39, 0.29) is 24.5 Å². The number of nitrogens with zero attached hydrogens (tertiary/aromatic N) is 2. The van der Waals surface area contributed by atoms with E-state index in [0.29, 0.717) is 38.5 Å². The van der Waals surface area contributed by atoms with Gasteiger partial charge < -0.3 is 20.3 Å². The molecule has 6 nitrogen and oxygen atoms in total. The molecule has 2 N–H and O–H groups in total. The van der Waals surface area contributed by atoms with E-state index in [1.165, 1.54) is 20.0 Å². The van der Waals surface area contributed by atoms with Crippen LogP contribution in [0, 0.1) is 5.92 Å². The first-order valence-corrected chi connectivity index (χ1v) is 7.92. The molecule has 2 rings (SSSR count). The third kappa shape index (κ3) is 4.41. The van der Waals surface area contributed by atoms with E-state index in [4.69, 9.17) is 10.5 Å². The first-order valence-electron chi connectivity index (χ1n) is 7.92. The van der Waals surface area contributed by atoms with Crippen LogP contribution in [-0.4, -0.2) is 67.6 Å². The number of amides is 2. The van der Waals surface area contributed by atoms with Crippen LogP contribution in [0.25, 0.3) is 0 Å². The fourth-order valence-electron chi connectivity index (χ4n) is 3.26. The van der Waals surface area contributed by atoms with E-state index in [2.05, 4.69) is 0 Å². The van der Waals surface area contributed by atoms with Crippen molar-refractivity contribution in [2.24, 2.45) is 11.7 Å². The van der Waals surface area contributed by atoms with Gasteiger partial charge in [-0.25, -0.2) is 0 Å². The van der Waals surface area contributed by atoms with Crippen LogP contribution in [0.5, 0.6) is 0 Å². The van der Waals surface area contributed by atoms with Crippen LogP contribution in [0.1, 0.15) is 32.1 Å². The third-order valence-electron chi connectivity index (χ3n) is 4.66. The summed E-state index contributed by atoms with van der Waals surface area (Å²) in [6.07, 6.45) is 5.04. The molecule has 0 aromatic rings. The third-order valence-corrected chi connectivity index (χ3v) is 4.66. The Balaban J connectivity index is 1.76. The average Bonchev–Trinajstić information content (AvgIpc) is 2.50. The van der Waals surface area contributed by atoms with Crippen molar-refractivity contribution < 1.29 is 14.3 Å². The van der Waals surface area contributed by atoms with Crippen LogP contribution in [0.2, 0.25) is 0 Å².